The molecule has 4 rings (SSSR count). The number of hydrogen-bond donors (Lipinski definition) is 3. The zero-order valence-electron chi connectivity index (χ0n) is 17.0. The number of benzene rings is 3. The van der Waals surface area contributed by atoms with Gasteiger partial charge in [-0.15, -0.1) is 0 Å². The fourth-order valence-corrected chi connectivity index (χ4v) is 3.42. The van der Waals surface area contributed by atoms with Crippen molar-refractivity contribution in [1.29, 1.82) is 10.7 Å². The monoisotopic (exact) mass is 417 g/mol. The van der Waals surface area contributed by atoms with Gasteiger partial charge in [0.2, 0.25) is 0 Å². The number of anilines is 1. The van der Waals surface area contributed by atoms with E-state index in [9.17, 15) is 10.1 Å². The highest BCUT2D eigenvalue weighted by Crippen LogP contribution is 2.26. The summed E-state index contributed by atoms with van der Waals surface area (Å²) in [5.74, 6) is -0.349. The molecule has 0 saturated carbocycles. The molecule has 0 bridgehead atoms. The van der Waals surface area contributed by atoms with Crippen molar-refractivity contribution in [3.8, 4) is 28.5 Å². The normalized spacial score (nSPS) is 10.2. The maximum atomic E-state index is 13.0. The van der Waals surface area contributed by atoms with Gasteiger partial charge in [-0.2, -0.15) is 5.26 Å². The first-order valence-corrected chi connectivity index (χ1v) is 9.87. The summed E-state index contributed by atoms with van der Waals surface area (Å²) < 4.78 is 0. The van der Waals surface area contributed by atoms with Gasteiger partial charge in [0, 0.05) is 23.0 Å². The smallest absolute Gasteiger partial charge is 0.257 e. The minimum absolute atomic E-state index is 0.0492. The Balaban J connectivity index is 1.60. The Morgan fingerprint density at radius 1 is 0.938 bits per heavy atom. The van der Waals surface area contributed by atoms with Crippen molar-refractivity contribution >= 4 is 17.4 Å². The van der Waals surface area contributed by atoms with Crippen LogP contribution in [-0.2, 0) is 0 Å². The van der Waals surface area contributed by atoms with Gasteiger partial charge in [-0.3, -0.25) is 15.2 Å². The van der Waals surface area contributed by atoms with Crippen molar-refractivity contribution < 1.29 is 4.79 Å². The lowest BCUT2D eigenvalue weighted by atomic mass is 10.00. The molecule has 1 heterocycles. The first-order chi connectivity index (χ1) is 15.6. The molecule has 0 unspecified atom stereocenters. The van der Waals surface area contributed by atoms with Crippen LogP contribution in [0.15, 0.2) is 91.1 Å². The molecule has 154 valence electrons. The van der Waals surface area contributed by atoms with E-state index in [-0.39, 0.29) is 11.7 Å². The molecule has 6 nitrogen and oxygen atoms in total. The SMILES string of the molecule is N#Cc1ccccc1-c1ccc(NC(=O)c2cccnc2-c2cccc(C(=N)N)c2)cc1. The standard InChI is InChI=1S/C26H19N5O/c27-16-20-5-1-2-8-22(20)17-10-12-21(13-11-17)31-26(32)23-9-4-14-30-24(23)18-6-3-7-19(15-18)25(28)29/h1-15H,(H3,28,29)(H,31,32). The molecule has 0 fully saturated rings. The van der Waals surface area contributed by atoms with E-state index >= 15 is 0 Å². The fourth-order valence-electron chi connectivity index (χ4n) is 3.42. The molecular weight excluding hydrogens is 398 g/mol. The van der Waals surface area contributed by atoms with Crippen molar-refractivity contribution in [2.45, 2.75) is 0 Å². The Kier molecular flexibility index (Phi) is 5.73. The van der Waals surface area contributed by atoms with Crippen LogP contribution in [-0.4, -0.2) is 16.7 Å². The second-order valence-corrected chi connectivity index (χ2v) is 7.08. The molecule has 1 amide bonds. The highest BCUT2D eigenvalue weighted by atomic mass is 16.1. The van der Waals surface area contributed by atoms with Gasteiger partial charge in [-0.25, -0.2) is 0 Å². The molecule has 0 atom stereocenters. The van der Waals surface area contributed by atoms with Crippen LogP contribution in [0.25, 0.3) is 22.4 Å². The molecule has 6 heteroatoms. The van der Waals surface area contributed by atoms with E-state index in [0.29, 0.717) is 33.6 Å². The number of nitrogens with two attached hydrogens (primary N) is 1. The van der Waals surface area contributed by atoms with Gasteiger partial charge in [0.1, 0.15) is 5.84 Å². The third kappa shape index (κ3) is 4.23. The van der Waals surface area contributed by atoms with Crippen LogP contribution < -0.4 is 11.1 Å². The van der Waals surface area contributed by atoms with Gasteiger partial charge in [-0.1, -0.05) is 48.5 Å². The van der Waals surface area contributed by atoms with E-state index in [1.54, 1.807) is 54.7 Å². The number of hydrogen-bond acceptors (Lipinski definition) is 4. The average molecular weight is 417 g/mol. The Morgan fingerprint density at radius 2 is 1.72 bits per heavy atom. The van der Waals surface area contributed by atoms with Gasteiger partial charge in [0.25, 0.3) is 5.91 Å². The summed E-state index contributed by atoms with van der Waals surface area (Å²) in [6.07, 6.45) is 1.62. The Bertz CT molecular complexity index is 1350. The van der Waals surface area contributed by atoms with Crippen LogP contribution in [0.4, 0.5) is 5.69 Å². The minimum Gasteiger partial charge on any atom is -0.384 e. The quantitative estimate of drug-likeness (QED) is 0.319. The average Bonchev–Trinajstić information content (AvgIpc) is 2.84. The molecule has 32 heavy (non-hydrogen) atoms. The van der Waals surface area contributed by atoms with E-state index < -0.39 is 0 Å². The largest absolute Gasteiger partial charge is 0.384 e. The van der Waals surface area contributed by atoms with E-state index in [4.69, 9.17) is 11.1 Å². The minimum atomic E-state index is -0.300. The van der Waals surface area contributed by atoms with Gasteiger partial charge >= 0.3 is 0 Å². The molecule has 0 spiro atoms. The first kappa shape index (κ1) is 20.5. The van der Waals surface area contributed by atoms with E-state index in [1.807, 2.05) is 36.4 Å². The number of rotatable bonds is 5. The predicted octanol–water partition coefficient (Wildman–Crippen LogP) is 4.82. The second kappa shape index (κ2) is 8.94. The number of aromatic nitrogens is 1. The van der Waals surface area contributed by atoms with Crippen LogP contribution in [0.5, 0.6) is 0 Å². The molecule has 1 aromatic heterocycles. The highest BCUT2D eigenvalue weighted by molar-refractivity contribution is 6.08. The molecule has 0 aliphatic carbocycles. The summed E-state index contributed by atoms with van der Waals surface area (Å²) in [5, 5.41) is 19.9. The third-order valence-corrected chi connectivity index (χ3v) is 5.00. The van der Waals surface area contributed by atoms with Gasteiger partial charge in [-0.05, 0) is 47.5 Å². The number of nitriles is 1. The number of nitrogens with zero attached hydrogens (tertiary/aromatic N) is 2. The maximum absolute atomic E-state index is 13.0. The third-order valence-electron chi connectivity index (χ3n) is 5.00. The van der Waals surface area contributed by atoms with Crippen molar-refractivity contribution in [2.24, 2.45) is 5.73 Å². The van der Waals surface area contributed by atoms with Crippen molar-refractivity contribution in [1.82, 2.24) is 4.98 Å². The van der Waals surface area contributed by atoms with Crippen molar-refractivity contribution in [2.75, 3.05) is 5.32 Å². The summed E-state index contributed by atoms with van der Waals surface area (Å²) in [4.78, 5) is 17.4. The fraction of sp³-hybridized carbons (Fsp3) is 0. The summed E-state index contributed by atoms with van der Waals surface area (Å²) >= 11 is 0. The van der Waals surface area contributed by atoms with Gasteiger partial charge < -0.3 is 11.1 Å². The molecule has 0 aliphatic heterocycles. The topological polar surface area (TPSA) is 116 Å². The summed E-state index contributed by atoms with van der Waals surface area (Å²) in [6.45, 7) is 0. The van der Waals surface area contributed by atoms with E-state index in [1.165, 1.54) is 0 Å². The zero-order valence-corrected chi connectivity index (χ0v) is 17.0. The second-order valence-electron chi connectivity index (χ2n) is 7.08. The summed E-state index contributed by atoms with van der Waals surface area (Å²) in [6, 6.07) is 27.4. The van der Waals surface area contributed by atoms with Gasteiger partial charge in [0.15, 0.2) is 0 Å². The molecule has 0 radical (unpaired) electrons. The van der Waals surface area contributed by atoms with E-state index in [2.05, 4.69) is 16.4 Å². The van der Waals surface area contributed by atoms with E-state index in [0.717, 1.165) is 11.1 Å². The summed E-state index contributed by atoms with van der Waals surface area (Å²) in [5.41, 5.74) is 10.7. The predicted molar refractivity (Wildman–Crippen MR) is 125 cm³/mol. The van der Waals surface area contributed by atoms with Crippen LogP contribution in [0.1, 0.15) is 21.5 Å². The number of nitrogen functional groups attached to an aromatic ring is 1. The Hall–Kier alpha value is -4.76. The van der Waals surface area contributed by atoms with Crippen molar-refractivity contribution in [3.05, 3.63) is 108 Å². The lowest BCUT2D eigenvalue weighted by Crippen LogP contribution is -2.14. The number of pyridine rings is 1. The maximum Gasteiger partial charge on any atom is 0.257 e. The lowest BCUT2D eigenvalue weighted by molar-refractivity contribution is 0.102. The Morgan fingerprint density at radius 3 is 2.47 bits per heavy atom. The molecular formula is C26H19N5O. The molecule has 0 saturated heterocycles. The zero-order chi connectivity index (χ0) is 22.5. The number of amides is 1. The van der Waals surface area contributed by atoms with Crippen LogP contribution in [0.2, 0.25) is 0 Å². The van der Waals surface area contributed by atoms with Crippen LogP contribution in [0.3, 0.4) is 0 Å². The van der Waals surface area contributed by atoms with Gasteiger partial charge in [0.05, 0.1) is 22.9 Å². The number of carbonyl (C=O) groups excluding carboxylic acids is 1. The number of amidine groups is 1. The Labute approximate surface area is 185 Å². The van der Waals surface area contributed by atoms with Crippen molar-refractivity contribution in [3.63, 3.8) is 0 Å². The first-order valence-electron chi connectivity index (χ1n) is 9.87. The highest BCUT2D eigenvalue weighted by Gasteiger charge is 2.15. The van der Waals surface area contributed by atoms with Crippen LogP contribution >= 0.6 is 0 Å². The number of nitrogens with one attached hydrogen (secondary N) is 2. The van der Waals surface area contributed by atoms with Crippen LogP contribution in [0, 0.1) is 16.7 Å². The molecule has 0 aliphatic rings. The lowest BCUT2D eigenvalue weighted by Gasteiger charge is -2.11. The summed E-state index contributed by atoms with van der Waals surface area (Å²) in [7, 11) is 0. The molecule has 4 aromatic rings. The molecule has 3 aromatic carbocycles. The molecule has 4 N–H and O–H groups in total. The number of carbonyl (C=O) groups is 1.